The SMILES string of the molecule is c1ccc2c(c1)OCC(c1noc([C@H]3CCCNC3)n1)O2. The Balaban J connectivity index is 1.51. The molecular formula is C15H17N3O3. The van der Waals surface area contributed by atoms with E-state index in [4.69, 9.17) is 14.0 Å². The van der Waals surface area contributed by atoms with Crippen molar-refractivity contribution in [3.63, 3.8) is 0 Å². The molecule has 21 heavy (non-hydrogen) atoms. The molecule has 2 atom stereocenters. The minimum Gasteiger partial charge on any atom is -0.485 e. The van der Waals surface area contributed by atoms with Crippen LogP contribution in [0.5, 0.6) is 11.5 Å². The molecule has 1 aromatic carbocycles. The van der Waals surface area contributed by atoms with E-state index in [0.717, 1.165) is 37.4 Å². The maximum Gasteiger partial charge on any atom is 0.231 e. The number of benzene rings is 1. The molecule has 2 aromatic rings. The fraction of sp³-hybridized carbons (Fsp3) is 0.467. The lowest BCUT2D eigenvalue weighted by molar-refractivity contribution is 0.0832. The second-order valence-electron chi connectivity index (χ2n) is 5.40. The number of aromatic nitrogens is 2. The summed E-state index contributed by atoms with van der Waals surface area (Å²) in [7, 11) is 0. The normalized spacial score (nSPS) is 24.8. The molecule has 4 rings (SSSR count). The summed E-state index contributed by atoms with van der Waals surface area (Å²) in [6, 6.07) is 7.61. The fourth-order valence-electron chi connectivity index (χ4n) is 2.75. The second-order valence-corrected chi connectivity index (χ2v) is 5.40. The highest BCUT2D eigenvalue weighted by Crippen LogP contribution is 2.35. The van der Waals surface area contributed by atoms with Crippen LogP contribution < -0.4 is 14.8 Å². The summed E-state index contributed by atoms with van der Waals surface area (Å²) in [4.78, 5) is 4.51. The minimum atomic E-state index is -0.311. The Morgan fingerprint density at radius 2 is 2.10 bits per heavy atom. The van der Waals surface area contributed by atoms with Crippen molar-refractivity contribution in [1.29, 1.82) is 0 Å². The van der Waals surface area contributed by atoms with Crippen LogP contribution in [-0.4, -0.2) is 29.8 Å². The third-order valence-electron chi connectivity index (χ3n) is 3.90. The van der Waals surface area contributed by atoms with Gasteiger partial charge in [0.2, 0.25) is 11.7 Å². The Bertz CT molecular complexity index is 622. The molecule has 3 heterocycles. The topological polar surface area (TPSA) is 69.4 Å². The lowest BCUT2D eigenvalue weighted by Gasteiger charge is -2.24. The van der Waals surface area contributed by atoms with Crippen LogP contribution in [0.1, 0.15) is 36.6 Å². The summed E-state index contributed by atoms with van der Waals surface area (Å²) in [5.41, 5.74) is 0. The average Bonchev–Trinajstić information content (AvgIpc) is 3.05. The number of hydrogen-bond donors (Lipinski definition) is 1. The molecule has 2 aliphatic heterocycles. The number of nitrogens with one attached hydrogen (secondary N) is 1. The van der Waals surface area contributed by atoms with Crippen LogP contribution in [0, 0.1) is 0 Å². The molecule has 6 nitrogen and oxygen atoms in total. The van der Waals surface area contributed by atoms with Crippen LogP contribution in [0.15, 0.2) is 28.8 Å². The third kappa shape index (κ3) is 2.47. The number of ether oxygens (including phenoxy) is 2. The molecule has 1 unspecified atom stereocenters. The van der Waals surface area contributed by atoms with Crippen LogP contribution in [0.3, 0.4) is 0 Å². The molecule has 0 bridgehead atoms. The van der Waals surface area contributed by atoms with Crippen molar-refractivity contribution in [2.24, 2.45) is 0 Å². The van der Waals surface area contributed by atoms with Gasteiger partial charge in [0.25, 0.3) is 0 Å². The Morgan fingerprint density at radius 3 is 2.95 bits per heavy atom. The summed E-state index contributed by atoms with van der Waals surface area (Å²) < 4.78 is 17.0. The molecule has 1 aromatic heterocycles. The van der Waals surface area contributed by atoms with Gasteiger partial charge in [-0.15, -0.1) is 0 Å². The fourth-order valence-corrected chi connectivity index (χ4v) is 2.75. The van der Waals surface area contributed by atoms with Crippen LogP contribution in [0.4, 0.5) is 0 Å². The number of nitrogens with zero attached hydrogens (tertiary/aromatic N) is 2. The van der Waals surface area contributed by atoms with Crippen LogP contribution in [0.25, 0.3) is 0 Å². The van der Waals surface area contributed by atoms with Crippen molar-refractivity contribution in [3.05, 3.63) is 36.0 Å². The zero-order chi connectivity index (χ0) is 14.1. The second kappa shape index (κ2) is 5.37. The summed E-state index contributed by atoms with van der Waals surface area (Å²) in [5.74, 6) is 3.04. The summed E-state index contributed by atoms with van der Waals surface area (Å²) >= 11 is 0. The van der Waals surface area contributed by atoms with Crippen molar-refractivity contribution < 1.29 is 14.0 Å². The van der Waals surface area contributed by atoms with E-state index < -0.39 is 0 Å². The standard InChI is InChI=1S/C15H17N3O3/c1-2-6-12-11(5-1)19-9-13(20-12)14-17-15(21-18-14)10-4-3-7-16-8-10/h1-2,5-6,10,13,16H,3-4,7-9H2/t10-,13?/m0/s1. The number of fused-ring (bicyclic) bond motifs is 1. The predicted octanol–water partition coefficient (Wildman–Crippen LogP) is 2.05. The van der Waals surface area contributed by atoms with Crippen molar-refractivity contribution >= 4 is 0 Å². The summed E-state index contributed by atoms with van der Waals surface area (Å²) in [6.45, 7) is 2.36. The van der Waals surface area contributed by atoms with E-state index in [1.54, 1.807) is 0 Å². The van der Waals surface area contributed by atoms with E-state index in [1.807, 2.05) is 24.3 Å². The molecule has 1 saturated heterocycles. The van der Waals surface area contributed by atoms with Gasteiger partial charge >= 0.3 is 0 Å². The lowest BCUT2D eigenvalue weighted by atomic mass is 10.00. The van der Waals surface area contributed by atoms with Gasteiger partial charge in [0.15, 0.2) is 17.6 Å². The number of rotatable bonds is 2. The van der Waals surface area contributed by atoms with Gasteiger partial charge in [-0.3, -0.25) is 0 Å². The van der Waals surface area contributed by atoms with Crippen LogP contribution in [-0.2, 0) is 0 Å². The largest absolute Gasteiger partial charge is 0.485 e. The quantitative estimate of drug-likeness (QED) is 0.911. The van der Waals surface area contributed by atoms with Crippen molar-refractivity contribution in [2.45, 2.75) is 24.9 Å². The van der Waals surface area contributed by atoms with Gasteiger partial charge in [-0.25, -0.2) is 0 Å². The van der Waals surface area contributed by atoms with Gasteiger partial charge in [-0.2, -0.15) is 4.98 Å². The van der Waals surface area contributed by atoms with E-state index in [1.165, 1.54) is 0 Å². The van der Waals surface area contributed by atoms with E-state index in [2.05, 4.69) is 15.5 Å². The molecule has 0 saturated carbocycles. The first kappa shape index (κ1) is 12.6. The smallest absolute Gasteiger partial charge is 0.231 e. The number of piperidine rings is 1. The van der Waals surface area contributed by atoms with Gasteiger partial charge in [0, 0.05) is 6.54 Å². The summed E-state index contributed by atoms with van der Waals surface area (Å²) in [6.07, 6.45) is 1.91. The molecular weight excluding hydrogens is 270 g/mol. The zero-order valence-electron chi connectivity index (χ0n) is 11.6. The minimum absolute atomic E-state index is 0.303. The third-order valence-corrected chi connectivity index (χ3v) is 3.90. The molecule has 0 spiro atoms. The molecule has 110 valence electrons. The number of hydrogen-bond acceptors (Lipinski definition) is 6. The van der Waals surface area contributed by atoms with Crippen molar-refractivity contribution in [3.8, 4) is 11.5 Å². The van der Waals surface area contributed by atoms with Gasteiger partial charge in [0.1, 0.15) is 6.61 Å². The summed E-state index contributed by atoms with van der Waals surface area (Å²) in [5, 5.41) is 7.42. The first-order valence-electron chi connectivity index (χ1n) is 7.33. The monoisotopic (exact) mass is 287 g/mol. The number of para-hydroxylation sites is 2. The molecule has 1 N–H and O–H groups in total. The Morgan fingerprint density at radius 1 is 1.19 bits per heavy atom. The molecule has 1 fully saturated rings. The van der Waals surface area contributed by atoms with E-state index in [-0.39, 0.29) is 6.10 Å². The highest BCUT2D eigenvalue weighted by molar-refractivity contribution is 5.40. The van der Waals surface area contributed by atoms with E-state index in [9.17, 15) is 0 Å². The van der Waals surface area contributed by atoms with Gasteiger partial charge in [-0.05, 0) is 31.5 Å². The molecule has 2 aliphatic rings. The maximum absolute atomic E-state index is 5.89. The van der Waals surface area contributed by atoms with E-state index in [0.29, 0.717) is 24.2 Å². The average molecular weight is 287 g/mol. The Labute approximate surface area is 122 Å². The van der Waals surface area contributed by atoms with Crippen LogP contribution in [0.2, 0.25) is 0 Å². The van der Waals surface area contributed by atoms with Crippen molar-refractivity contribution in [1.82, 2.24) is 15.5 Å². The molecule has 0 amide bonds. The van der Waals surface area contributed by atoms with E-state index >= 15 is 0 Å². The zero-order valence-corrected chi connectivity index (χ0v) is 11.6. The predicted molar refractivity (Wildman–Crippen MR) is 74.4 cm³/mol. The Hall–Kier alpha value is -2.08. The highest BCUT2D eigenvalue weighted by atomic mass is 16.6. The van der Waals surface area contributed by atoms with Gasteiger partial charge < -0.3 is 19.3 Å². The molecule has 0 aliphatic carbocycles. The van der Waals surface area contributed by atoms with Gasteiger partial charge in [-0.1, -0.05) is 17.3 Å². The van der Waals surface area contributed by atoms with Crippen molar-refractivity contribution in [2.75, 3.05) is 19.7 Å². The maximum atomic E-state index is 5.89. The first-order chi connectivity index (χ1) is 10.4. The van der Waals surface area contributed by atoms with Gasteiger partial charge in [0.05, 0.1) is 5.92 Å². The lowest BCUT2D eigenvalue weighted by Crippen LogP contribution is -2.28. The molecule has 6 heteroatoms. The highest BCUT2D eigenvalue weighted by Gasteiger charge is 2.29. The molecule has 0 radical (unpaired) electrons. The Kier molecular flexibility index (Phi) is 3.23. The first-order valence-corrected chi connectivity index (χ1v) is 7.33. The van der Waals surface area contributed by atoms with Crippen LogP contribution >= 0.6 is 0 Å².